The zero-order valence-corrected chi connectivity index (χ0v) is 23.2. The maximum atomic E-state index is 13.6. The van der Waals surface area contributed by atoms with Crippen LogP contribution in [0.2, 0.25) is 5.02 Å². The standard InChI is InChI=1S/C30H30ClNO7/c1-6-17-8-11-19(12-9-17)32-27(18-10-13-22(36-3)25(14-18)39-7-2)26(29(34)30(32)35)28(33)20-15-24(38-5)21(31)16-23(20)37-4/h8-16,27,33H,6-7H2,1-5H3/b28-26+. The van der Waals surface area contributed by atoms with E-state index in [2.05, 4.69) is 0 Å². The van der Waals surface area contributed by atoms with E-state index in [0.717, 1.165) is 12.0 Å². The molecule has 9 heteroatoms. The van der Waals surface area contributed by atoms with Gasteiger partial charge in [-0.2, -0.15) is 0 Å². The monoisotopic (exact) mass is 551 g/mol. The number of hydrogen-bond acceptors (Lipinski definition) is 7. The van der Waals surface area contributed by atoms with Crippen LogP contribution < -0.4 is 23.8 Å². The molecule has 8 nitrogen and oxygen atoms in total. The van der Waals surface area contributed by atoms with Crippen LogP contribution in [0.3, 0.4) is 0 Å². The van der Waals surface area contributed by atoms with Crippen LogP contribution in [0, 0.1) is 0 Å². The highest BCUT2D eigenvalue weighted by Gasteiger charge is 2.47. The van der Waals surface area contributed by atoms with Gasteiger partial charge >= 0.3 is 0 Å². The number of ether oxygens (including phenoxy) is 4. The largest absolute Gasteiger partial charge is 0.507 e. The van der Waals surface area contributed by atoms with Crippen LogP contribution in [0.15, 0.2) is 60.2 Å². The Kier molecular flexibility index (Phi) is 8.35. The number of aliphatic hydroxyl groups is 1. The molecule has 1 atom stereocenters. The highest BCUT2D eigenvalue weighted by molar-refractivity contribution is 6.51. The molecule has 0 saturated carbocycles. The third kappa shape index (κ3) is 5.12. The first-order valence-electron chi connectivity index (χ1n) is 12.4. The van der Waals surface area contributed by atoms with Crippen molar-refractivity contribution < 1.29 is 33.6 Å². The zero-order valence-electron chi connectivity index (χ0n) is 22.4. The number of halogens is 1. The van der Waals surface area contributed by atoms with Gasteiger partial charge in [0, 0.05) is 11.8 Å². The van der Waals surface area contributed by atoms with Crippen molar-refractivity contribution in [2.24, 2.45) is 0 Å². The van der Waals surface area contributed by atoms with E-state index >= 15 is 0 Å². The van der Waals surface area contributed by atoms with Crippen molar-refractivity contribution in [3.05, 3.63) is 81.9 Å². The van der Waals surface area contributed by atoms with Crippen LogP contribution in [0.25, 0.3) is 5.76 Å². The van der Waals surface area contributed by atoms with Gasteiger partial charge in [0.2, 0.25) is 0 Å². The number of nitrogens with zero attached hydrogens (tertiary/aromatic N) is 1. The molecule has 0 bridgehead atoms. The quantitative estimate of drug-likeness (QED) is 0.199. The van der Waals surface area contributed by atoms with E-state index in [1.807, 2.05) is 26.0 Å². The van der Waals surface area contributed by atoms with E-state index < -0.39 is 23.5 Å². The lowest BCUT2D eigenvalue weighted by Gasteiger charge is -2.26. The number of ketones is 1. The Hall–Kier alpha value is -4.17. The van der Waals surface area contributed by atoms with E-state index in [-0.39, 0.29) is 27.7 Å². The van der Waals surface area contributed by atoms with E-state index in [4.69, 9.17) is 30.5 Å². The summed E-state index contributed by atoms with van der Waals surface area (Å²) in [6.07, 6.45) is 0.816. The number of rotatable bonds is 9. The third-order valence-electron chi connectivity index (χ3n) is 6.60. The number of benzene rings is 3. The van der Waals surface area contributed by atoms with Crippen LogP contribution in [-0.2, 0) is 16.0 Å². The highest BCUT2D eigenvalue weighted by Crippen LogP contribution is 2.46. The first kappa shape index (κ1) is 27.9. The molecule has 1 heterocycles. The van der Waals surface area contributed by atoms with Crippen molar-refractivity contribution in [3.8, 4) is 23.0 Å². The summed E-state index contributed by atoms with van der Waals surface area (Å²) in [7, 11) is 4.38. The molecule has 0 radical (unpaired) electrons. The minimum atomic E-state index is -0.978. The summed E-state index contributed by atoms with van der Waals surface area (Å²) in [5.41, 5.74) is 2.16. The van der Waals surface area contributed by atoms with Crippen molar-refractivity contribution in [2.45, 2.75) is 26.3 Å². The molecule has 1 unspecified atom stereocenters. The first-order valence-corrected chi connectivity index (χ1v) is 12.8. The minimum absolute atomic E-state index is 0.116. The van der Waals surface area contributed by atoms with Crippen molar-refractivity contribution in [3.63, 3.8) is 0 Å². The number of amides is 1. The van der Waals surface area contributed by atoms with Gasteiger partial charge in [-0.15, -0.1) is 0 Å². The fourth-order valence-corrected chi connectivity index (χ4v) is 4.86. The van der Waals surface area contributed by atoms with Gasteiger partial charge in [0.15, 0.2) is 11.5 Å². The number of anilines is 1. The summed E-state index contributed by atoms with van der Waals surface area (Å²) in [4.78, 5) is 28.5. The van der Waals surface area contributed by atoms with Crippen LogP contribution in [-0.4, -0.2) is 44.7 Å². The molecule has 3 aromatic carbocycles. The van der Waals surface area contributed by atoms with Gasteiger partial charge in [-0.3, -0.25) is 14.5 Å². The number of methoxy groups -OCH3 is 3. The van der Waals surface area contributed by atoms with Crippen molar-refractivity contribution >= 4 is 34.7 Å². The average molecular weight is 552 g/mol. The van der Waals surface area contributed by atoms with E-state index in [0.29, 0.717) is 29.4 Å². The second kappa shape index (κ2) is 11.7. The van der Waals surface area contributed by atoms with Gasteiger partial charge in [-0.1, -0.05) is 36.7 Å². The molecule has 1 aliphatic heterocycles. The smallest absolute Gasteiger partial charge is 0.300 e. The molecule has 3 aromatic rings. The van der Waals surface area contributed by atoms with Gasteiger partial charge in [0.25, 0.3) is 11.7 Å². The van der Waals surface area contributed by atoms with Crippen LogP contribution in [0.5, 0.6) is 23.0 Å². The molecule has 4 rings (SSSR count). The normalized spacial score (nSPS) is 16.4. The summed E-state index contributed by atoms with van der Waals surface area (Å²) < 4.78 is 22.0. The van der Waals surface area contributed by atoms with Crippen molar-refractivity contribution in [1.82, 2.24) is 0 Å². The molecule has 0 spiro atoms. The molecule has 39 heavy (non-hydrogen) atoms. The third-order valence-corrected chi connectivity index (χ3v) is 6.89. The fraction of sp³-hybridized carbons (Fsp3) is 0.267. The Bertz CT molecular complexity index is 1430. The van der Waals surface area contributed by atoms with Crippen molar-refractivity contribution in [1.29, 1.82) is 0 Å². The summed E-state index contributed by atoms with van der Waals surface area (Å²) in [5.74, 6) is -0.639. The summed E-state index contributed by atoms with van der Waals surface area (Å²) in [6, 6.07) is 14.5. The van der Waals surface area contributed by atoms with Gasteiger partial charge in [-0.05, 0) is 54.8 Å². The number of hydrogen-bond donors (Lipinski definition) is 1. The number of aryl methyl sites for hydroxylation is 1. The molecular formula is C30H30ClNO7. The Balaban J connectivity index is 2.00. The number of aliphatic hydroxyl groups excluding tert-OH is 1. The molecule has 204 valence electrons. The van der Waals surface area contributed by atoms with Crippen molar-refractivity contribution in [2.75, 3.05) is 32.8 Å². The van der Waals surface area contributed by atoms with E-state index in [1.165, 1.54) is 38.4 Å². The summed E-state index contributed by atoms with van der Waals surface area (Å²) >= 11 is 6.27. The van der Waals surface area contributed by atoms with Crippen LogP contribution >= 0.6 is 11.6 Å². The molecule has 1 aliphatic rings. The topological polar surface area (TPSA) is 94.5 Å². The predicted molar refractivity (Wildman–Crippen MR) is 149 cm³/mol. The highest BCUT2D eigenvalue weighted by atomic mass is 35.5. The average Bonchev–Trinajstić information content (AvgIpc) is 3.22. The maximum Gasteiger partial charge on any atom is 0.300 e. The summed E-state index contributed by atoms with van der Waals surface area (Å²) in [6.45, 7) is 4.25. The lowest BCUT2D eigenvalue weighted by atomic mass is 9.94. The van der Waals surface area contributed by atoms with Crippen LogP contribution in [0.4, 0.5) is 5.69 Å². The van der Waals surface area contributed by atoms with Crippen LogP contribution in [0.1, 0.15) is 36.6 Å². The number of Topliss-reactive ketones (excluding diaryl/α,β-unsaturated/α-hetero) is 1. The van der Waals surface area contributed by atoms with Gasteiger partial charge in [0.05, 0.1) is 50.1 Å². The van der Waals surface area contributed by atoms with Gasteiger partial charge in [0.1, 0.15) is 17.3 Å². The fourth-order valence-electron chi connectivity index (χ4n) is 4.63. The molecule has 1 saturated heterocycles. The van der Waals surface area contributed by atoms with Gasteiger partial charge in [-0.25, -0.2) is 0 Å². The van der Waals surface area contributed by atoms with Gasteiger partial charge < -0.3 is 24.1 Å². The Labute approximate surface area is 232 Å². The Morgan fingerprint density at radius 1 is 0.872 bits per heavy atom. The number of carbonyl (C=O) groups is 2. The molecule has 0 aliphatic carbocycles. The lowest BCUT2D eigenvalue weighted by Crippen LogP contribution is -2.29. The second-order valence-electron chi connectivity index (χ2n) is 8.72. The van der Waals surface area contributed by atoms with E-state index in [1.54, 1.807) is 30.3 Å². The Morgan fingerprint density at radius 3 is 2.13 bits per heavy atom. The zero-order chi connectivity index (χ0) is 28.3. The SMILES string of the molecule is CCOc1cc(C2/C(=C(\O)c3cc(OC)c(Cl)cc3OC)C(=O)C(=O)N2c2ccc(CC)cc2)ccc1OC. The predicted octanol–water partition coefficient (Wildman–Crippen LogP) is 5.95. The molecular weight excluding hydrogens is 522 g/mol. The lowest BCUT2D eigenvalue weighted by molar-refractivity contribution is -0.132. The van der Waals surface area contributed by atoms with E-state index in [9.17, 15) is 14.7 Å². The molecule has 1 N–H and O–H groups in total. The minimum Gasteiger partial charge on any atom is -0.507 e. The number of carbonyl (C=O) groups excluding carboxylic acids is 2. The first-order chi connectivity index (χ1) is 18.8. The molecule has 1 amide bonds. The Morgan fingerprint density at radius 2 is 1.54 bits per heavy atom. The summed E-state index contributed by atoms with van der Waals surface area (Å²) in [5, 5.41) is 11.9. The molecule has 1 fully saturated rings. The maximum absolute atomic E-state index is 13.6. The molecule has 0 aromatic heterocycles. The second-order valence-corrected chi connectivity index (χ2v) is 9.13.